The summed E-state index contributed by atoms with van der Waals surface area (Å²) in [4.78, 5) is 13.3. The number of hydrogen-bond acceptors (Lipinski definition) is 4. The third-order valence-electron chi connectivity index (χ3n) is 4.39. The van der Waals surface area contributed by atoms with E-state index in [1.807, 2.05) is 29.2 Å². The first-order valence-electron chi connectivity index (χ1n) is 7.76. The summed E-state index contributed by atoms with van der Waals surface area (Å²) in [6.07, 6.45) is 3.09. The summed E-state index contributed by atoms with van der Waals surface area (Å²) in [7, 11) is -3.43. The largest absolute Gasteiger partial charge is 0.369 e. The lowest BCUT2D eigenvalue weighted by atomic mass is 9.98. The lowest BCUT2D eigenvalue weighted by molar-refractivity contribution is -0.119. The van der Waals surface area contributed by atoms with Crippen LogP contribution in [0.1, 0.15) is 17.5 Å². The van der Waals surface area contributed by atoms with E-state index in [9.17, 15) is 13.2 Å². The predicted octanol–water partition coefficient (Wildman–Crippen LogP) is 0.406. The number of piperazine rings is 1. The average Bonchev–Trinajstić information content (AvgIpc) is 2.54. The van der Waals surface area contributed by atoms with Gasteiger partial charge in [-0.25, -0.2) is 8.42 Å². The molecule has 6 nitrogen and oxygen atoms in total. The number of carbonyl (C=O) groups is 1. The number of allylic oxidation sites excluding steroid dienone is 1. The highest BCUT2D eigenvalue weighted by atomic mass is 32.2. The van der Waals surface area contributed by atoms with Gasteiger partial charge < -0.3 is 5.73 Å². The van der Waals surface area contributed by atoms with Crippen LogP contribution in [-0.4, -0.2) is 56.3 Å². The Morgan fingerprint density at radius 1 is 1.09 bits per heavy atom. The first kappa shape index (κ1) is 16.2. The molecule has 2 aliphatic rings. The molecule has 0 aromatic heterocycles. The highest BCUT2D eigenvalue weighted by Crippen LogP contribution is 2.29. The van der Waals surface area contributed by atoms with Crippen LogP contribution in [0.2, 0.25) is 0 Å². The van der Waals surface area contributed by atoms with E-state index in [1.165, 1.54) is 9.87 Å². The molecule has 0 radical (unpaired) electrons. The highest BCUT2D eigenvalue weighted by Gasteiger charge is 2.31. The topological polar surface area (TPSA) is 83.7 Å². The molecule has 0 saturated carbocycles. The predicted molar refractivity (Wildman–Crippen MR) is 88.9 cm³/mol. The van der Waals surface area contributed by atoms with Crippen molar-refractivity contribution in [1.29, 1.82) is 0 Å². The van der Waals surface area contributed by atoms with E-state index in [0.717, 1.165) is 12.0 Å². The van der Waals surface area contributed by atoms with Gasteiger partial charge in [0.25, 0.3) is 0 Å². The van der Waals surface area contributed by atoms with Crippen LogP contribution in [0.15, 0.2) is 29.2 Å². The van der Waals surface area contributed by atoms with Crippen LogP contribution in [0.5, 0.6) is 0 Å². The first-order valence-corrected chi connectivity index (χ1v) is 9.20. The Bertz CT molecular complexity index is 735. The zero-order valence-electron chi connectivity index (χ0n) is 12.9. The molecule has 0 spiro atoms. The van der Waals surface area contributed by atoms with E-state index < -0.39 is 10.0 Å². The Balaban J connectivity index is 1.74. The van der Waals surface area contributed by atoms with Crippen molar-refractivity contribution >= 4 is 22.0 Å². The van der Waals surface area contributed by atoms with E-state index in [4.69, 9.17) is 5.73 Å². The number of rotatable bonds is 4. The van der Waals surface area contributed by atoms with E-state index in [2.05, 4.69) is 0 Å². The second-order valence-corrected chi connectivity index (χ2v) is 7.95. The summed E-state index contributed by atoms with van der Waals surface area (Å²) in [5.74, 6) is -0.382. The quantitative estimate of drug-likeness (QED) is 0.864. The smallest absolute Gasteiger partial charge is 0.239 e. The Morgan fingerprint density at radius 3 is 2.48 bits per heavy atom. The zero-order chi connectivity index (χ0) is 16.4. The molecule has 2 N–H and O–H groups in total. The van der Waals surface area contributed by atoms with Gasteiger partial charge in [0, 0.05) is 26.2 Å². The van der Waals surface area contributed by atoms with Gasteiger partial charge in [-0.05, 0) is 30.0 Å². The van der Waals surface area contributed by atoms with Crippen molar-refractivity contribution < 1.29 is 13.2 Å². The zero-order valence-corrected chi connectivity index (χ0v) is 13.8. The van der Waals surface area contributed by atoms with Crippen molar-refractivity contribution in [2.45, 2.75) is 12.8 Å². The van der Waals surface area contributed by atoms with Crippen molar-refractivity contribution in [2.24, 2.45) is 5.73 Å². The average molecular weight is 335 g/mol. The first-order chi connectivity index (χ1) is 11.0. The van der Waals surface area contributed by atoms with Crippen molar-refractivity contribution in [3.63, 3.8) is 0 Å². The Morgan fingerprint density at radius 2 is 1.78 bits per heavy atom. The minimum Gasteiger partial charge on any atom is -0.369 e. The number of aryl methyl sites for hydroxylation is 1. The number of fused-ring (bicyclic) bond motifs is 1. The van der Waals surface area contributed by atoms with Gasteiger partial charge in [-0.2, -0.15) is 4.31 Å². The third kappa shape index (κ3) is 3.46. The number of benzene rings is 1. The summed E-state index contributed by atoms with van der Waals surface area (Å²) in [5.41, 5.74) is 7.37. The van der Waals surface area contributed by atoms with Crippen LogP contribution in [0.25, 0.3) is 6.08 Å². The molecule has 7 heteroatoms. The van der Waals surface area contributed by atoms with Crippen molar-refractivity contribution in [2.75, 3.05) is 32.7 Å². The maximum Gasteiger partial charge on any atom is 0.239 e. The Hall–Kier alpha value is -1.70. The molecule has 1 aliphatic carbocycles. The van der Waals surface area contributed by atoms with Crippen LogP contribution >= 0.6 is 0 Å². The summed E-state index contributed by atoms with van der Waals surface area (Å²) < 4.78 is 27.2. The maximum atomic E-state index is 12.8. The van der Waals surface area contributed by atoms with Gasteiger partial charge in [0.15, 0.2) is 0 Å². The molecular formula is C16H21N3O3S. The normalized spacial score (nSPS) is 19.9. The van der Waals surface area contributed by atoms with Gasteiger partial charge in [-0.1, -0.05) is 24.3 Å². The van der Waals surface area contributed by atoms with E-state index in [-0.39, 0.29) is 12.5 Å². The maximum absolute atomic E-state index is 12.8. The van der Waals surface area contributed by atoms with Crippen molar-refractivity contribution in [3.05, 3.63) is 40.3 Å². The SMILES string of the molecule is NC(=O)CN1CCN(S(=O)(=O)C2=Cc3ccccc3CC2)CC1. The molecule has 23 heavy (non-hydrogen) atoms. The highest BCUT2D eigenvalue weighted by molar-refractivity contribution is 7.93. The van der Waals surface area contributed by atoms with Crippen LogP contribution in [0.4, 0.5) is 0 Å². The number of nitrogens with two attached hydrogens (primary N) is 1. The van der Waals surface area contributed by atoms with Gasteiger partial charge in [-0.3, -0.25) is 9.69 Å². The van der Waals surface area contributed by atoms with Gasteiger partial charge in [0.1, 0.15) is 0 Å². The molecule has 1 fully saturated rings. The standard InChI is InChI=1S/C16H21N3O3S/c17-16(20)12-18-7-9-19(10-8-18)23(21,22)15-6-5-13-3-1-2-4-14(13)11-15/h1-4,11H,5-10,12H2,(H2,17,20). The summed E-state index contributed by atoms with van der Waals surface area (Å²) in [6, 6.07) is 7.89. The Labute approximate surface area is 136 Å². The van der Waals surface area contributed by atoms with Crippen LogP contribution in [0.3, 0.4) is 0 Å². The Kier molecular flexibility index (Phi) is 4.52. The second-order valence-electron chi connectivity index (χ2n) is 5.96. The number of sulfonamides is 1. The van der Waals surface area contributed by atoms with Gasteiger partial charge >= 0.3 is 0 Å². The molecular weight excluding hydrogens is 314 g/mol. The van der Waals surface area contributed by atoms with E-state index in [0.29, 0.717) is 37.5 Å². The third-order valence-corrected chi connectivity index (χ3v) is 6.42. The fourth-order valence-corrected chi connectivity index (χ4v) is 4.74. The van der Waals surface area contributed by atoms with Crippen LogP contribution in [0, 0.1) is 0 Å². The monoisotopic (exact) mass is 335 g/mol. The van der Waals surface area contributed by atoms with Crippen LogP contribution < -0.4 is 5.73 Å². The van der Waals surface area contributed by atoms with Crippen LogP contribution in [-0.2, 0) is 21.2 Å². The fourth-order valence-electron chi connectivity index (χ4n) is 3.12. The number of carbonyl (C=O) groups excluding carboxylic acids is 1. The van der Waals surface area contributed by atoms with E-state index >= 15 is 0 Å². The molecule has 1 amide bonds. The van der Waals surface area contributed by atoms with Gasteiger partial charge in [-0.15, -0.1) is 0 Å². The number of amides is 1. The molecule has 0 atom stereocenters. The number of nitrogens with zero attached hydrogens (tertiary/aromatic N) is 2. The minimum atomic E-state index is -3.43. The number of primary amides is 1. The van der Waals surface area contributed by atoms with Gasteiger partial charge in [0.05, 0.1) is 11.4 Å². The molecule has 1 saturated heterocycles. The summed E-state index contributed by atoms with van der Waals surface area (Å²) in [6.45, 7) is 2.05. The molecule has 1 aromatic carbocycles. The number of hydrogen-bond donors (Lipinski definition) is 1. The molecule has 124 valence electrons. The van der Waals surface area contributed by atoms with E-state index in [1.54, 1.807) is 6.08 Å². The molecule has 1 aliphatic heterocycles. The molecule has 0 bridgehead atoms. The molecule has 0 unspecified atom stereocenters. The van der Waals surface area contributed by atoms with Crippen molar-refractivity contribution in [1.82, 2.24) is 9.21 Å². The summed E-state index contributed by atoms with van der Waals surface area (Å²) >= 11 is 0. The minimum absolute atomic E-state index is 0.184. The summed E-state index contributed by atoms with van der Waals surface area (Å²) in [5, 5.41) is 0. The van der Waals surface area contributed by atoms with Crippen molar-refractivity contribution in [3.8, 4) is 0 Å². The molecule has 3 rings (SSSR count). The molecule has 1 heterocycles. The fraction of sp³-hybridized carbons (Fsp3) is 0.438. The van der Waals surface area contributed by atoms with Gasteiger partial charge in [0.2, 0.25) is 15.9 Å². The lowest BCUT2D eigenvalue weighted by Gasteiger charge is -2.34. The lowest BCUT2D eigenvalue weighted by Crippen LogP contribution is -2.50. The second kappa shape index (κ2) is 6.43. The molecule has 1 aromatic rings.